The summed E-state index contributed by atoms with van der Waals surface area (Å²) in [6, 6.07) is 3.65. The number of hydrogen-bond donors (Lipinski definition) is 0. The number of ether oxygens (including phenoxy) is 2. The summed E-state index contributed by atoms with van der Waals surface area (Å²) in [4.78, 5) is 31.2. The average molecular weight is 361 g/mol. The topological polar surface area (TPSA) is 73.1 Å². The van der Waals surface area contributed by atoms with E-state index < -0.39 is 0 Å². The quantitative estimate of drug-likeness (QED) is 0.642. The van der Waals surface area contributed by atoms with Crippen molar-refractivity contribution < 1.29 is 19.1 Å². The van der Waals surface area contributed by atoms with Gasteiger partial charge in [0, 0.05) is 19.3 Å². The van der Waals surface area contributed by atoms with Gasteiger partial charge in [-0.3, -0.25) is 14.0 Å². The van der Waals surface area contributed by atoms with Crippen molar-refractivity contribution in [1.82, 2.24) is 14.3 Å². The fourth-order valence-corrected chi connectivity index (χ4v) is 2.92. The summed E-state index contributed by atoms with van der Waals surface area (Å²) < 4.78 is 12.1. The molecule has 0 N–H and O–H groups in total. The highest BCUT2D eigenvalue weighted by Crippen LogP contribution is 2.23. The summed E-state index contributed by atoms with van der Waals surface area (Å²) >= 11 is 0. The van der Waals surface area contributed by atoms with Crippen molar-refractivity contribution in [2.75, 3.05) is 26.8 Å². The zero-order chi connectivity index (χ0) is 19.1. The van der Waals surface area contributed by atoms with Crippen LogP contribution in [-0.4, -0.2) is 53.0 Å². The minimum atomic E-state index is -0.295. The lowest BCUT2D eigenvalue weighted by atomic mass is 10.2. The number of fused-ring (bicyclic) bond motifs is 1. The Morgan fingerprint density at radius 1 is 1.23 bits per heavy atom. The van der Waals surface area contributed by atoms with Crippen LogP contribution >= 0.6 is 0 Å². The molecule has 0 aliphatic rings. The molecule has 2 aromatic heterocycles. The summed E-state index contributed by atoms with van der Waals surface area (Å²) in [5, 5.41) is 0. The number of pyridine rings is 1. The Kier molecular flexibility index (Phi) is 7.00. The molecule has 7 heteroatoms. The van der Waals surface area contributed by atoms with Crippen molar-refractivity contribution in [3.8, 4) is 5.75 Å². The zero-order valence-corrected chi connectivity index (χ0v) is 15.9. The molecule has 7 nitrogen and oxygen atoms in total. The van der Waals surface area contributed by atoms with E-state index in [4.69, 9.17) is 9.47 Å². The Morgan fingerprint density at radius 3 is 2.62 bits per heavy atom. The van der Waals surface area contributed by atoms with Gasteiger partial charge < -0.3 is 14.4 Å². The van der Waals surface area contributed by atoms with Crippen LogP contribution in [0.1, 0.15) is 49.8 Å². The summed E-state index contributed by atoms with van der Waals surface area (Å²) in [5.74, 6) is 0.195. The van der Waals surface area contributed by atoms with Gasteiger partial charge in [0.15, 0.2) is 11.4 Å². The summed E-state index contributed by atoms with van der Waals surface area (Å²) in [6.07, 6.45) is 3.42. The summed E-state index contributed by atoms with van der Waals surface area (Å²) in [6.45, 7) is 6.97. The number of aryl methyl sites for hydroxylation is 1. The number of carbonyl (C=O) groups is 2. The van der Waals surface area contributed by atoms with Gasteiger partial charge in [0.1, 0.15) is 5.69 Å². The van der Waals surface area contributed by atoms with E-state index in [9.17, 15) is 9.59 Å². The SMILES string of the molecule is CCCN(CCC(=O)OCC)C(=O)c1c(CC)nc2c(OC)cccn12. The largest absolute Gasteiger partial charge is 0.493 e. The van der Waals surface area contributed by atoms with Gasteiger partial charge in [-0.25, -0.2) is 4.98 Å². The molecule has 142 valence electrons. The van der Waals surface area contributed by atoms with Crippen LogP contribution in [0.3, 0.4) is 0 Å². The molecule has 0 radical (unpaired) electrons. The minimum absolute atomic E-state index is 0.131. The molecule has 0 saturated carbocycles. The van der Waals surface area contributed by atoms with Crippen LogP contribution in [0, 0.1) is 0 Å². The monoisotopic (exact) mass is 361 g/mol. The van der Waals surface area contributed by atoms with Crippen LogP contribution in [-0.2, 0) is 16.0 Å². The second kappa shape index (κ2) is 9.22. The first kappa shape index (κ1) is 19.8. The molecular weight excluding hydrogens is 334 g/mol. The normalized spacial score (nSPS) is 10.8. The molecule has 26 heavy (non-hydrogen) atoms. The molecule has 0 bridgehead atoms. The predicted molar refractivity (Wildman–Crippen MR) is 98.6 cm³/mol. The number of amides is 1. The lowest BCUT2D eigenvalue weighted by molar-refractivity contribution is -0.143. The Morgan fingerprint density at radius 2 is 2.00 bits per heavy atom. The first-order valence-electron chi connectivity index (χ1n) is 9.06. The molecule has 0 unspecified atom stereocenters. The molecule has 0 aliphatic carbocycles. The van der Waals surface area contributed by atoms with Crippen LogP contribution in [0.4, 0.5) is 0 Å². The number of nitrogens with zero attached hydrogens (tertiary/aromatic N) is 3. The standard InChI is InChI=1S/C19H27N3O4/c1-5-11-21(13-10-16(23)26-7-3)19(24)17-14(6-2)20-18-15(25-4)9-8-12-22(17)18/h8-9,12H,5-7,10-11,13H2,1-4H3. The van der Waals surface area contributed by atoms with Crippen LogP contribution in [0.15, 0.2) is 18.3 Å². The minimum Gasteiger partial charge on any atom is -0.493 e. The second-order valence-electron chi connectivity index (χ2n) is 5.88. The lowest BCUT2D eigenvalue weighted by Gasteiger charge is -2.22. The van der Waals surface area contributed by atoms with Gasteiger partial charge in [-0.15, -0.1) is 0 Å². The van der Waals surface area contributed by atoms with E-state index in [1.807, 2.05) is 32.2 Å². The molecule has 0 aromatic carbocycles. The molecule has 0 atom stereocenters. The van der Waals surface area contributed by atoms with E-state index in [0.29, 0.717) is 43.2 Å². The van der Waals surface area contributed by atoms with Gasteiger partial charge in [-0.1, -0.05) is 13.8 Å². The fraction of sp³-hybridized carbons (Fsp3) is 0.526. The Labute approximate surface area is 153 Å². The average Bonchev–Trinajstić information content (AvgIpc) is 3.03. The number of hydrogen-bond acceptors (Lipinski definition) is 5. The maximum atomic E-state index is 13.2. The van der Waals surface area contributed by atoms with Crippen LogP contribution in [0.2, 0.25) is 0 Å². The number of methoxy groups -OCH3 is 1. The van der Waals surface area contributed by atoms with E-state index >= 15 is 0 Å². The number of imidazole rings is 1. The van der Waals surface area contributed by atoms with Crippen LogP contribution < -0.4 is 4.74 Å². The molecule has 0 saturated heterocycles. The third-order valence-electron chi connectivity index (χ3n) is 4.12. The maximum absolute atomic E-state index is 13.2. The predicted octanol–water partition coefficient (Wildman–Crippen LogP) is 2.71. The molecule has 2 aromatic rings. The van der Waals surface area contributed by atoms with Gasteiger partial charge in [0.25, 0.3) is 5.91 Å². The van der Waals surface area contributed by atoms with Crippen LogP contribution in [0.5, 0.6) is 5.75 Å². The third-order valence-corrected chi connectivity index (χ3v) is 4.12. The summed E-state index contributed by atoms with van der Waals surface area (Å²) in [5.41, 5.74) is 1.87. The zero-order valence-electron chi connectivity index (χ0n) is 15.9. The van der Waals surface area contributed by atoms with Crippen molar-refractivity contribution in [2.24, 2.45) is 0 Å². The van der Waals surface area contributed by atoms with E-state index in [1.54, 1.807) is 23.3 Å². The van der Waals surface area contributed by atoms with Crippen molar-refractivity contribution in [3.63, 3.8) is 0 Å². The molecule has 0 spiro atoms. The van der Waals surface area contributed by atoms with Gasteiger partial charge in [0.2, 0.25) is 0 Å². The van der Waals surface area contributed by atoms with Crippen molar-refractivity contribution in [1.29, 1.82) is 0 Å². The molecule has 2 heterocycles. The first-order valence-corrected chi connectivity index (χ1v) is 9.06. The third kappa shape index (κ3) is 4.15. The molecule has 0 fully saturated rings. The van der Waals surface area contributed by atoms with E-state index in [2.05, 4.69) is 4.98 Å². The molecule has 2 rings (SSSR count). The van der Waals surface area contributed by atoms with E-state index in [1.165, 1.54) is 0 Å². The smallest absolute Gasteiger partial charge is 0.307 e. The van der Waals surface area contributed by atoms with Gasteiger partial charge in [-0.05, 0) is 31.9 Å². The van der Waals surface area contributed by atoms with Crippen LogP contribution in [0.25, 0.3) is 5.65 Å². The molecular formula is C19H27N3O4. The molecule has 0 aliphatic heterocycles. The molecule has 1 amide bonds. The fourth-order valence-electron chi connectivity index (χ4n) is 2.92. The van der Waals surface area contributed by atoms with Gasteiger partial charge in [-0.2, -0.15) is 0 Å². The van der Waals surface area contributed by atoms with E-state index in [-0.39, 0.29) is 18.3 Å². The number of esters is 1. The number of rotatable bonds is 9. The van der Waals surface area contributed by atoms with E-state index in [0.717, 1.165) is 12.1 Å². The maximum Gasteiger partial charge on any atom is 0.307 e. The first-order chi connectivity index (χ1) is 12.6. The van der Waals surface area contributed by atoms with Gasteiger partial charge >= 0.3 is 5.97 Å². The number of carbonyl (C=O) groups excluding carboxylic acids is 2. The van der Waals surface area contributed by atoms with Crippen molar-refractivity contribution >= 4 is 17.5 Å². The highest BCUT2D eigenvalue weighted by atomic mass is 16.5. The summed E-state index contributed by atoms with van der Waals surface area (Å²) in [7, 11) is 1.58. The second-order valence-corrected chi connectivity index (χ2v) is 5.88. The van der Waals surface area contributed by atoms with Gasteiger partial charge in [0.05, 0.1) is 25.8 Å². The number of aromatic nitrogens is 2. The van der Waals surface area contributed by atoms with Crippen molar-refractivity contribution in [3.05, 3.63) is 29.7 Å². The highest BCUT2D eigenvalue weighted by Gasteiger charge is 2.25. The Balaban J connectivity index is 2.37. The highest BCUT2D eigenvalue weighted by molar-refractivity contribution is 5.95. The lowest BCUT2D eigenvalue weighted by Crippen LogP contribution is -2.35. The Bertz CT molecular complexity index is 769. The Hall–Kier alpha value is -2.57. The van der Waals surface area contributed by atoms with Crippen molar-refractivity contribution in [2.45, 2.75) is 40.0 Å².